The summed E-state index contributed by atoms with van der Waals surface area (Å²) in [6.07, 6.45) is 10.2. The molecule has 1 aliphatic rings. The molecule has 0 atom stereocenters. The van der Waals surface area contributed by atoms with Crippen LogP contribution >= 0.6 is 0 Å². The highest BCUT2D eigenvalue weighted by atomic mass is 16.2. The zero-order valence-corrected chi connectivity index (χ0v) is 9.08. The van der Waals surface area contributed by atoms with Crippen LogP contribution in [0.25, 0.3) is 5.95 Å². The number of aromatic nitrogens is 4. The molecule has 0 saturated heterocycles. The lowest BCUT2D eigenvalue weighted by molar-refractivity contribution is -0.117. The number of carbonyl (C=O) groups is 1. The van der Waals surface area contributed by atoms with Crippen LogP contribution in [-0.2, 0) is 4.79 Å². The number of anilines is 1. The summed E-state index contributed by atoms with van der Waals surface area (Å²) >= 11 is 0. The Bertz CT molecular complexity index is 515. The van der Waals surface area contributed by atoms with Gasteiger partial charge in [0.2, 0.25) is 11.9 Å². The predicted molar refractivity (Wildman–Crippen MR) is 60.5 cm³/mol. The van der Waals surface area contributed by atoms with Gasteiger partial charge >= 0.3 is 0 Å². The van der Waals surface area contributed by atoms with E-state index < -0.39 is 0 Å². The van der Waals surface area contributed by atoms with Gasteiger partial charge in [-0.25, -0.2) is 15.0 Å². The van der Waals surface area contributed by atoms with Crippen LogP contribution < -0.4 is 5.32 Å². The summed E-state index contributed by atoms with van der Waals surface area (Å²) in [5.41, 5.74) is 0.630. The van der Waals surface area contributed by atoms with Gasteiger partial charge in [0.1, 0.15) is 6.33 Å². The molecule has 86 valence electrons. The van der Waals surface area contributed by atoms with Crippen molar-refractivity contribution in [3.63, 3.8) is 0 Å². The molecule has 2 aromatic rings. The number of carbonyl (C=O) groups excluding carboxylic acids is 1. The highest BCUT2D eigenvalue weighted by molar-refractivity contribution is 5.93. The van der Waals surface area contributed by atoms with Crippen LogP contribution in [0.1, 0.15) is 12.8 Å². The third kappa shape index (κ3) is 2.15. The van der Waals surface area contributed by atoms with E-state index in [-0.39, 0.29) is 11.8 Å². The van der Waals surface area contributed by atoms with Crippen molar-refractivity contribution >= 4 is 11.6 Å². The molecule has 0 radical (unpaired) electrons. The van der Waals surface area contributed by atoms with Crippen LogP contribution in [0, 0.1) is 5.92 Å². The molecule has 1 N–H and O–H groups in total. The Balaban J connectivity index is 1.73. The van der Waals surface area contributed by atoms with Gasteiger partial charge in [-0.2, -0.15) is 0 Å². The molecule has 6 nitrogen and oxygen atoms in total. The molecule has 3 rings (SSSR count). The number of amides is 1. The number of rotatable bonds is 3. The van der Waals surface area contributed by atoms with E-state index in [9.17, 15) is 4.79 Å². The van der Waals surface area contributed by atoms with Crippen molar-refractivity contribution in [2.45, 2.75) is 12.8 Å². The highest BCUT2D eigenvalue weighted by Gasteiger charge is 2.29. The zero-order valence-electron chi connectivity index (χ0n) is 9.08. The smallest absolute Gasteiger partial charge is 0.234 e. The summed E-state index contributed by atoms with van der Waals surface area (Å²) in [5.74, 6) is 0.777. The second-order valence-corrected chi connectivity index (χ2v) is 4.01. The molecule has 0 spiro atoms. The van der Waals surface area contributed by atoms with E-state index in [4.69, 9.17) is 0 Å². The maximum atomic E-state index is 11.5. The Morgan fingerprint density at radius 3 is 2.71 bits per heavy atom. The first-order chi connectivity index (χ1) is 8.33. The van der Waals surface area contributed by atoms with E-state index in [1.54, 1.807) is 35.7 Å². The number of imidazole rings is 1. The summed E-state index contributed by atoms with van der Waals surface area (Å²) in [6, 6.07) is 0. The van der Waals surface area contributed by atoms with E-state index in [1.165, 1.54) is 0 Å². The molecule has 1 aliphatic carbocycles. The summed E-state index contributed by atoms with van der Waals surface area (Å²) in [4.78, 5) is 23.7. The quantitative estimate of drug-likeness (QED) is 0.852. The minimum absolute atomic E-state index is 0.0592. The van der Waals surface area contributed by atoms with Crippen LogP contribution in [0.15, 0.2) is 31.1 Å². The van der Waals surface area contributed by atoms with Gasteiger partial charge in [0.05, 0.1) is 18.1 Å². The largest absolute Gasteiger partial charge is 0.323 e. The zero-order chi connectivity index (χ0) is 11.7. The van der Waals surface area contributed by atoms with Crippen molar-refractivity contribution in [2.24, 2.45) is 5.92 Å². The third-order valence-corrected chi connectivity index (χ3v) is 2.59. The average Bonchev–Trinajstić information content (AvgIpc) is 3.07. The number of hydrogen-bond acceptors (Lipinski definition) is 4. The summed E-state index contributed by atoms with van der Waals surface area (Å²) < 4.78 is 1.70. The molecule has 0 bridgehead atoms. The fourth-order valence-corrected chi connectivity index (χ4v) is 1.49. The molecule has 2 aromatic heterocycles. The summed E-state index contributed by atoms with van der Waals surface area (Å²) in [7, 11) is 0. The van der Waals surface area contributed by atoms with Gasteiger partial charge in [0.15, 0.2) is 0 Å². The molecular weight excluding hydrogens is 218 g/mol. The van der Waals surface area contributed by atoms with Gasteiger partial charge in [0, 0.05) is 18.3 Å². The minimum atomic E-state index is 0.0592. The summed E-state index contributed by atoms with van der Waals surface area (Å²) in [5, 5.41) is 2.79. The minimum Gasteiger partial charge on any atom is -0.323 e. The normalized spacial score (nSPS) is 14.6. The number of nitrogens with one attached hydrogen (secondary N) is 1. The molecule has 17 heavy (non-hydrogen) atoms. The number of hydrogen-bond donors (Lipinski definition) is 1. The van der Waals surface area contributed by atoms with Crippen molar-refractivity contribution in [1.82, 2.24) is 19.5 Å². The standard InChI is InChI=1S/C11H11N5O/c17-10(8-1-2-8)15-9-5-13-11(14-6-9)16-4-3-12-7-16/h3-8H,1-2H2,(H,15,17). The lowest BCUT2D eigenvalue weighted by Crippen LogP contribution is -2.14. The monoisotopic (exact) mass is 229 g/mol. The predicted octanol–water partition coefficient (Wildman–Crippen LogP) is 1.01. The van der Waals surface area contributed by atoms with E-state index in [0.717, 1.165) is 12.8 Å². The fraction of sp³-hybridized carbons (Fsp3) is 0.273. The first-order valence-corrected chi connectivity index (χ1v) is 5.44. The Labute approximate surface area is 97.7 Å². The van der Waals surface area contributed by atoms with Gasteiger partial charge in [-0.1, -0.05) is 0 Å². The average molecular weight is 229 g/mol. The highest BCUT2D eigenvalue weighted by Crippen LogP contribution is 2.29. The topological polar surface area (TPSA) is 72.7 Å². The van der Waals surface area contributed by atoms with Gasteiger partial charge in [0.25, 0.3) is 0 Å². The van der Waals surface area contributed by atoms with Gasteiger partial charge < -0.3 is 5.32 Å². The van der Waals surface area contributed by atoms with Crippen LogP contribution in [0.2, 0.25) is 0 Å². The van der Waals surface area contributed by atoms with Gasteiger partial charge in [-0.05, 0) is 12.8 Å². The first-order valence-electron chi connectivity index (χ1n) is 5.44. The lowest BCUT2D eigenvalue weighted by atomic mass is 10.4. The fourth-order valence-electron chi connectivity index (χ4n) is 1.49. The van der Waals surface area contributed by atoms with E-state index in [1.807, 2.05) is 0 Å². The van der Waals surface area contributed by atoms with Crippen LogP contribution in [0.4, 0.5) is 5.69 Å². The maximum absolute atomic E-state index is 11.5. The van der Waals surface area contributed by atoms with Crippen molar-refractivity contribution in [3.8, 4) is 5.95 Å². The Morgan fingerprint density at radius 1 is 1.35 bits per heavy atom. The molecule has 0 unspecified atom stereocenters. The van der Waals surface area contributed by atoms with Crippen molar-refractivity contribution in [1.29, 1.82) is 0 Å². The second kappa shape index (κ2) is 3.97. The van der Waals surface area contributed by atoms with Crippen LogP contribution in [0.3, 0.4) is 0 Å². The second-order valence-electron chi connectivity index (χ2n) is 4.01. The molecular formula is C11H11N5O. The van der Waals surface area contributed by atoms with Gasteiger partial charge in [-0.3, -0.25) is 9.36 Å². The van der Waals surface area contributed by atoms with E-state index >= 15 is 0 Å². The van der Waals surface area contributed by atoms with Gasteiger partial charge in [-0.15, -0.1) is 0 Å². The summed E-state index contributed by atoms with van der Waals surface area (Å²) in [6.45, 7) is 0. The molecule has 0 aliphatic heterocycles. The molecule has 0 aromatic carbocycles. The van der Waals surface area contributed by atoms with E-state index in [0.29, 0.717) is 11.6 Å². The van der Waals surface area contributed by atoms with E-state index in [2.05, 4.69) is 20.3 Å². The van der Waals surface area contributed by atoms with Crippen LogP contribution in [-0.4, -0.2) is 25.4 Å². The van der Waals surface area contributed by atoms with Crippen LogP contribution in [0.5, 0.6) is 0 Å². The number of nitrogens with zero attached hydrogens (tertiary/aromatic N) is 4. The maximum Gasteiger partial charge on any atom is 0.234 e. The van der Waals surface area contributed by atoms with Crippen molar-refractivity contribution in [3.05, 3.63) is 31.1 Å². The molecule has 1 saturated carbocycles. The third-order valence-electron chi connectivity index (χ3n) is 2.59. The first kappa shape index (κ1) is 9.95. The molecule has 1 amide bonds. The molecule has 6 heteroatoms. The Morgan fingerprint density at radius 2 is 2.12 bits per heavy atom. The Hall–Kier alpha value is -2.24. The van der Waals surface area contributed by atoms with Crippen molar-refractivity contribution in [2.75, 3.05) is 5.32 Å². The van der Waals surface area contributed by atoms with Crippen molar-refractivity contribution < 1.29 is 4.79 Å². The SMILES string of the molecule is O=C(Nc1cnc(-n2ccnc2)nc1)C1CC1. The molecule has 1 fully saturated rings. The Kier molecular flexibility index (Phi) is 2.32. The lowest BCUT2D eigenvalue weighted by Gasteiger charge is -2.04. The molecule has 2 heterocycles.